The third-order valence-corrected chi connectivity index (χ3v) is 3.50. The molecule has 102 valence electrons. The fourth-order valence-corrected chi connectivity index (χ4v) is 2.39. The summed E-state index contributed by atoms with van der Waals surface area (Å²) in [6, 6.07) is 9.96. The van der Waals surface area contributed by atoms with Gasteiger partial charge in [0.2, 0.25) is 5.91 Å². The Morgan fingerprint density at radius 2 is 2.21 bits per heavy atom. The Bertz CT molecular complexity index is 428. The van der Waals surface area contributed by atoms with E-state index in [2.05, 4.69) is 17.5 Å². The van der Waals surface area contributed by atoms with Gasteiger partial charge in [-0.25, -0.2) is 0 Å². The maximum absolute atomic E-state index is 11.9. The number of allylic oxidation sites excluding steroid dienone is 2. The minimum absolute atomic E-state index is 0.0794. The van der Waals surface area contributed by atoms with Gasteiger partial charge in [-0.2, -0.15) is 0 Å². The number of rotatable bonds is 6. The van der Waals surface area contributed by atoms with Gasteiger partial charge in [0.25, 0.3) is 0 Å². The van der Waals surface area contributed by atoms with Gasteiger partial charge in [0, 0.05) is 20.1 Å². The molecule has 1 aromatic carbocycles. The second kappa shape index (κ2) is 7.10. The first-order chi connectivity index (χ1) is 9.29. The Balaban J connectivity index is 1.79. The summed E-state index contributed by atoms with van der Waals surface area (Å²) in [6.07, 6.45) is 7.00. The van der Waals surface area contributed by atoms with Crippen molar-refractivity contribution in [1.29, 1.82) is 0 Å². The van der Waals surface area contributed by atoms with E-state index in [1.54, 1.807) is 7.11 Å². The molecule has 0 aromatic heterocycles. The van der Waals surface area contributed by atoms with Crippen LogP contribution in [0.25, 0.3) is 0 Å². The summed E-state index contributed by atoms with van der Waals surface area (Å²) >= 11 is 0. The summed E-state index contributed by atoms with van der Waals surface area (Å²) in [5, 5.41) is 2.96. The Morgan fingerprint density at radius 1 is 1.42 bits per heavy atom. The fraction of sp³-hybridized carbons (Fsp3) is 0.438. The second-order valence-corrected chi connectivity index (χ2v) is 4.91. The smallest absolute Gasteiger partial charge is 0.220 e. The Hall–Kier alpha value is -1.61. The summed E-state index contributed by atoms with van der Waals surface area (Å²) in [6.45, 7) is 0.524. The van der Waals surface area contributed by atoms with E-state index in [0.717, 1.165) is 18.4 Å². The molecule has 2 rings (SSSR count). The van der Waals surface area contributed by atoms with E-state index in [4.69, 9.17) is 4.74 Å². The zero-order valence-corrected chi connectivity index (χ0v) is 11.3. The Morgan fingerprint density at radius 3 is 2.84 bits per heavy atom. The summed E-state index contributed by atoms with van der Waals surface area (Å²) < 4.78 is 5.43. The van der Waals surface area contributed by atoms with Crippen LogP contribution in [0.4, 0.5) is 0 Å². The van der Waals surface area contributed by atoms with E-state index in [0.29, 0.717) is 18.9 Å². The van der Waals surface area contributed by atoms with Crippen LogP contribution < -0.4 is 5.32 Å². The SMILES string of the molecule is CO[C@H](CNC(=O)C[C@H]1C=CCC1)c1ccccc1. The van der Waals surface area contributed by atoms with Crippen LogP contribution >= 0.6 is 0 Å². The van der Waals surface area contributed by atoms with Crippen molar-refractivity contribution in [3.05, 3.63) is 48.0 Å². The number of hydrogen-bond donors (Lipinski definition) is 1. The maximum Gasteiger partial charge on any atom is 0.220 e. The van der Waals surface area contributed by atoms with E-state index in [9.17, 15) is 4.79 Å². The monoisotopic (exact) mass is 259 g/mol. The highest BCUT2D eigenvalue weighted by Gasteiger charge is 2.16. The van der Waals surface area contributed by atoms with Gasteiger partial charge in [0.15, 0.2) is 0 Å². The van der Waals surface area contributed by atoms with Crippen molar-refractivity contribution in [2.45, 2.75) is 25.4 Å². The summed E-state index contributed by atoms with van der Waals surface area (Å²) in [5.74, 6) is 0.521. The number of carbonyl (C=O) groups excluding carboxylic acids is 1. The van der Waals surface area contributed by atoms with Crippen molar-refractivity contribution in [3.8, 4) is 0 Å². The maximum atomic E-state index is 11.9. The van der Waals surface area contributed by atoms with E-state index < -0.39 is 0 Å². The van der Waals surface area contributed by atoms with E-state index >= 15 is 0 Å². The topological polar surface area (TPSA) is 38.3 Å². The number of methoxy groups -OCH3 is 1. The molecule has 0 spiro atoms. The van der Waals surface area contributed by atoms with Crippen molar-refractivity contribution in [2.24, 2.45) is 5.92 Å². The molecule has 2 atom stereocenters. The van der Waals surface area contributed by atoms with Crippen LogP contribution in [-0.2, 0) is 9.53 Å². The molecule has 1 aliphatic rings. The number of amides is 1. The highest BCUT2D eigenvalue weighted by atomic mass is 16.5. The first-order valence-corrected chi connectivity index (χ1v) is 6.80. The highest BCUT2D eigenvalue weighted by Crippen LogP contribution is 2.20. The largest absolute Gasteiger partial charge is 0.375 e. The molecule has 0 radical (unpaired) electrons. The second-order valence-electron chi connectivity index (χ2n) is 4.91. The molecular weight excluding hydrogens is 238 g/mol. The molecule has 0 fully saturated rings. The van der Waals surface area contributed by atoms with Crippen LogP contribution in [0.1, 0.15) is 30.9 Å². The lowest BCUT2D eigenvalue weighted by molar-refractivity contribution is -0.122. The molecule has 19 heavy (non-hydrogen) atoms. The number of carbonyl (C=O) groups is 1. The lowest BCUT2D eigenvalue weighted by Gasteiger charge is -2.17. The fourth-order valence-electron chi connectivity index (χ4n) is 2.39. The van der Waals surface area contributed by atoms with Gasteiger partial charge >= 0.3 is 0 Å². The van der Waals surface area contributed by atoms with Crippen molar-refractivity contribution in [2.75, 3.05) is 13.7 Å². The van der Waals surface area contributed by atoms with Crippen LogP contribution in [0.15, 0.2) is 42.5 Å². The number of benzene rings is 1. The molecule has 1 aromatic rings. The molecule has 0 bridgehead atoms. The molecular formula is C16H21NO2. The molecule has 0 aliphatic heterocycles. The van der Waals surface area contributed by atoms with Crippen molar-refractivity contribution < 1.29 is 9.53 Å². The van der Waals surface area contributed by atoms with Gasteiger partial charge in [-0.15, -0.1) is 0 Å². The van der Waals surface area contributed by atoms with Crippen molar-refractivity contribution in [1.82, 2.24) is 5.32 Å². The van der Waals surface area contributed by atoms with Crippen LogP contribution in [0.5, 0.6) is 0 Å². The highest BCUT2D eigenvalue weighted by molar-refractivity contribution is 5.76. The Kier molecular flexibility index (Phi) is 5.16. The minimum atomic E-state index is -0.0794. The molecule has 0 saturated heterocycles. The van der Waals surface area contributed by atoms with Crippen LogP contribution in [0.2, 0.25) is 0 Å². The zero-order chi connectivity index (χ0) is 13.5. The predicted molar refractivity (Wildman–Crippen MR) is 75.7 cm³/mol. The van der Waals surface area contributed by atoms with Gasteiger partial charge in [-0.3, -0.25) is 4.79 Å². The van der Waals surface area contributed by atoms with Gasteiger partial charge in [0.1, 0.15) is 0 Å². The first kappa shape index (κ1) is 13.8. The number of hydrogen-bond acceptors (Lipinski definition) is 2. The molecule has 1 amide bonds. The van der Waals surface area contributed by atoms with E-state index in [1.807, 2.05) is 30.3 Å². The third kappa shape index (κ3) is 4.21. The zero-order valence-electron chi connectivity index (χ0n) is 11.3. The van der Waals surface area contributed by atoms with Gasteiger partial charge in [-0.1, -0.05) is 42.5 Å². The van der Waals surface area contributed by atoms with Crippen LogP contribution in [0, 0.1) is 5.92 Å². The van der Waals surface area contributed by atoms with Crippen LogP contribution in [0.3, 0.4) is 0 Å². The summed E-state index contributed by atoms with van der Waals surface area (Å²) in [5.41, 5.74) is 1.09. The van der Waals surface area contributed by atoms with Gasteiger partial charge < -0.3 is 10.1 Å². The first-order valence-electron chi connectivity index (χ1n) is 6.80. The van der Waals surface area contributed by atoms with Crippen LogP contribution in [-0.4, -0.2) is 19.6 Å². The Labute approximate surface area is 114 Å². The summed E-state index contributed by atoms with van der Waals surface area (Å²) in [4.78, 5) is 11.9. The molecule has 1 N–H and O–H groups in total. The predicted octanol–water partition coefficient (Wildman–Crippen LogP) is 2.85. The van der Waals surface area contributed by atoms with E-state index in [1.165, 1.54) is 0 Å². The van der Waals surface area contributed by atoms with Crippen molar-refractivity contribution in [3.63, 3.8) is 0 Å². The molecule has 0 heterocycles. The number of nitrogens with one attached hydrogen (secondary N) is 1. The molecule has 3 nitrogen and oxygen atoms in total. The molecule has 1 aliphatic carbocycles. The molecule has 0 unspecified atom stereocenters. The molecule has 0 saturated carbocycles. The lowest BCUT2D eigenvalue weighted by atomic mass is 10.0. The van der Waals surface area contributed by atoms with Gasteiger partial charge in [-0.05, 0) is 24.3 Å². The summed E-state index contributed by atoms with van der Waals surface area (Å²) in [7, 11) is 1.67. The normalized spacial score (nSPS) is 19.3. The van der Waals surface area contributed by atoms with Gasteiger partial charge in [0.05, 0.1) is 6.10 Å². The third-order valence-electron chi connectivity index (χ3n) is 3.50. The average molecular weight is 259 g/mol. The minimum Gasteiger partial charge on any atom is -0.375 e. The molecule has 3 heteroatoms. The standard InChI is InChI=1S/C16H21NO2/c1-19-15(14-9-3-2-4-10-14)12-17-16(18)11-13-7-5-6-8-13/h2-5,7,9-10,13,15H,6,8,11-12H2,1H3,(H,17,18)/t13-,15+/m0/s1. The average Bonchev–Trinajstić information content (AvgIpc) is 2.93. The van der Waals surface area contributed by atoms with E-state index in [-0.39, 0.29) is 12.0 Å². The van der Waals surface area contributed by atoms with Crippen molar-refractivity contribution >= 4 is 5.91 Å². The lowest BCUT2D eigenvalue weighted by Crippen LogP contribution is -2.30. The quantitative estimate of drug-likeness (QED) is 0.798. The number of ether oxygens (including phenoxy) is 1.